The van der Waals surface area contributed by atoms with E-state index in [0.29, 0.717) is 5.75 Å². The number of phenols is 1. The van der Waals surface area contributed by atoms with Crippen molar-refractivity contribution in [3.05, 3.63) is 107 Å². The van der Waals surface area contributed by atoms with E-state index in [4.69, 9.17) is 15.9 Å². The highest BCUT2D eigenvalue weighted by molar-refractivity contribution is 5.96. The SMILES string of the molecule is COc1cc(C2Nc3ccc(C(=N)N)cc3C3c4ccccc4CC23)c(-c2ccc(N(C)C)cc2)cc1O. The van der Waals surface area contributed by atoms with Gasteiger partial charge >= 0.3 is 0 Å². The van der Waals surface area contributed by atoms with Crippen LogP contribution in [0.2, 0.25) is 0 Å². The first-order valence-corrected chi connectivity index (χ1v) is 12.9. The second-order valence-corrected chi connectivity index (χ2v) is 10.4. The van der Waals surface area contributed by atoms with Crippen LogP contribution < -0.4 is 20.7 Å². The van der Waals surface area contributed by atoms with E-state index in [-0.39, 0.29) is 29.5 Å². The molecule has 4 aromatic rings. The Morgan fingerprint density at radius 2 is 1.74 bits per heavy atom. The van der Waals surface area contributed by atoms with E-state index in [1.807, 2.05) is 38.4 Å². The topological polar surface area (TPSA) is 94.6 Å². The zero-order valence-electron chi connectivity index (χ0n) is 21.8. The number of nitrogens with zero attached hydrogens (tertiary/aromatic N) is 1. The van der Waals surface area contributed by atoms with Gasteiger partial charge in [-0.2, -0.15) is 0 Å². The monoisotopic (exact) mass is 504 g/mol. The molecule has 1 aliphatic carbocycles. The van der Waals surface area contributed by atoms with Crippen LogP contribution in [0.4, 0.5) is 11.4 Å². The van der Waals surface area contributed by atoms with Crippen molar-refractivity contribution in [2.75, 3.05) is 31.4 Å². The van der Waals surface area contributed by atoms with E-state index < -0.39 is 0 Å². The lowest BCUT2D eigenvalue weighted by atomic mass is 9.74. The fraction of sp³-hybridized carbons (Fsp3) is 0.219. The second-order valence-electron chi connectivity index (χ2n) is 10.4. The fourth-order valence-electron chi connectivity index (χ4n) is 6.23. The summed E-state index contributed by atoms with van der Waals surface area (Å²) in [5, 5.41) is 22.6. The minimum Gasteiger partial charge on any atom is -0.504 e. The van der Waals surface area contributed by atoms with Gasteiger partial charge in [0.2, 0.25) is 0 Å². The molecule has 0 spiro atoms. The Kier molecular flexibility index (Phi) is 5.75. The Hall–Kier alpha value is -4.45. The third-order valence-electron chi connectivity index (χ3n) is 8.09. The molecule has 1 aliphatic heterocycles. The van der Waals surface area contributed by atoms with E-state index >= 15 is 0 Å². The molecule has 6 heteroatoms. The number of rotatable bonds is 5. The molecule has 1 heterocycles. The molecule has 38 heavy (non-hydrogen) atoms. The summed E-state index contributed by atoms with van der Waals surface area (Å²) in [7, 11) is 5.64. The zero-order valence-corrected chi connectivity index (χ0v) is 21.8. The van der Waals surface area contributed by atoms with Gasteiger partial charge in [-0.3, -0.25) is 5.41 Å². The van der Waals surface area contributed by atoms with Gasteiger partial charge in [0.1, 0.15) is 5.84 Å². The molecule has 6 rings (SSSR count). The van der Waals surface area contributed by atoms with Gasteiger partial charge in [-0.25, -0.2) is 0 Å². The number of fused-ring (bicyclic) bond motifs is 5. The predicted octanol–water partition coefficient (Wildman–Crippen LogP) is 5.89. The molecule has 3 unspecified atom stereocenters. The molecule has 192 valence electrons. The maximum atomic E-state index is 10.8. The van der Waals surface area contributed by atoms with E-state index in [1.165, 1.54) is 16.7 Å². The van der Waals surface area contributed by atoms with E-state index in [9.17, 15) is 5.11 Å². The van der Waals surface area contributed by atoms with E-state index in [0.717, 1.165) is 40.0 Å². The molecule has 0 radical (unpaired) electrons. The van der Waals surface area contributed by atoms with Crippen molar-refractivity contribution >= 4 is 17.2 Å². The van der Waals surface area contributed by atoms with Gasteiger partial charge in [0.05, 0.1) is 13.2 Å². The third kappa shape index (κ3) is 3.84. The number of hydrogen-bond donors (Lipinski definition) is 4. The molecule has 5 N–H and O–H groups in total. The average molecular weight is 505 g/mol. The van der Waals surface area contributed by atoms with Gasteiger partial charge in [-0.15, -0.1) is 0 Å². The smallest absolute Gasteiger partial charge is 0.160 e. The largest absolute Gasteiger partial charge is 0.504 e. The molecule has 0 amide bonds. The summed E-state index contributed by atoms with van der Waals surface area (Å²) < 4.78 is 5.58. The van der Waals surface area contributed by atoms with E-state index in [2.05, 4.69) is 64.8 Å². The lowest BCUT2D eigenvalue weighted by Crippen LogP contribution is -2.31. The van der Waals surface area contributed by atoms with Gasteiger partial charge in [0.15, 0.2) is 11.5 Å². The first kappa shape index (κ1) is 23.9. The number of methoxy groups -OCH3 is 1. The maximum Gasteiger partial charge on any atom is 0.160 e. The number of amidine groups is 1. The molecular weight excluding hydrogens is 472 g/mol. The fourth-order valence-corrected chi connectivity index (χ4v) is 6.23. The molecule has 0 saturated heterocycles. The maximum absolute atomic E-state index is 10.8. The number of nitrogens with one attached hydrogen (secondary N) is 2. The van der Waals surface area contributed by atoms with Crippen LogP contribution in [0, 0.1) is 11.3 Å². The molecule has 6 nitrogen and oxygen atoms in total. The number of anilines is 2. The normalized spacial score (nSPS) is 19.1. The zero-order chi connectivity index (χ0) is 26.6. The van der Waals surface area contributed by atoms with Crippen molar-refractivity contribution in [1.82, 2.24) is 0 Å². The summed E-state index contributed by atoms with van der Waals surface area (Å²) in [6, 6.07) is 26.9. The van der Waals surface area contributed by atoms with Crippen molar-refractivity contribution in [1.29, 1.82) is 5.41 Å². The number of nitrogen functional groups attached to an aromatic ring is 1. The minimum absolute atomic E-state index is 0.0268. The number of nitrogens with two attached hydrogens (primary N) is 1. The lowest BCUT2D eigenvalue weighted by Gasteiger charge is -2.39. The molecule has 4 aromatic carbocycles. The van der Waals surface area contributed by atoms with Crippen LogP contribution in [-0.4, -0.2) is 32.1 Å². The predicted molar refractivity (Wildman–Crippen MR) is 154 cm³/mol. The number of hydrogen-bond acceptors (Lipinski definition) is 5. The Balaban J connectivity index is 1.54. The number of ether oxygens (including phenoxy) is 1. The average Bonchev–Trinajstić information content (AvgIpc) is 3.32. The van der Waals surface area contributed by atoms with Crippen molar-refractivity contribution in [2.45, 2.75) is 18.4 Å². The van der Waals surface area contributed by atoms with Crippen LogP contribution in [0.5, 0.6) is 11.5 Å². The first-order chi connectivity index (χ1) is 18.4. The first-order valence-electron chi connectivity index (χ1n) is 12.9. The summed E-state index contributed by atoms with van der Waals surface area (Å²) in [6.45, 7) is 0. The standard InChI is InChI=1S/C32H32N4O2/c1-36(2)21-11-8-18(9-12-21)23-16-28(37)29(38-3)17-24(23)31-26-14-19-6-4-5-7-22(19)30(26)25-15-20(32(33)34)10-13-27(25)35-31/h4-13,15-17,26,30-31,35,37H,14H2,1-3H3,(H3,33,34). The highest BCUT2D eigenvalue weighted by Crippen LogP contribution is 2.55. The third-order valence-corrected chi connectivity index (χ3v) is 8.09. The van der Waals surface area contributed by atoms with E-state index in [1.54, 1.807) is 7.11 Å². The molecule has 3 atom stereocenters. The number of phenolic OH excluding ortho intramolecular Hbond substituents is 1. The van der Waals surface area contributed by atoms with Crippen molar-refractivity contribution < 1.29 is 9.84 Å². The lowest BCUT2D eigenvalue weighted by molar-refractivity contribution is 0.370. The van der Waals surface area contributed by atoms with Crippen LogP contribution in [0.25, 0.3) is 11.1 Å². The molecule has 0 saturated carbocycles. The molecular formula is C32H32N4O2. The van der Waals surface area contributed by atoms with Crippen molar-refractivity contribution in [3.63, 3.8) is 0 Å². The Morgan fingerprint density at radius 3 is 2.45 bits per heavy atom. The van der Waals surface area contributed by atoms with Gasteiger partial charge < -0.3 is 25.8 Å². The van der Waals surface area contributed by atoms with Crippen LogP contribution >= 0.6 is 0 Å². The van der Waals surface area contributed by atoms with Crippen LogP contribution in [-0.2, 0) is 6.42 Å². The Morgan fingerprint density at radius 1 is 0.974 bits per heavy atom. The molecule has 0 fully saturated rings. The summed E-state index contributed by atoms with van der Waals surface area (Å²) in [5.74, 6) is 1.05. The molecule has 2 aliphatic rings. The highest BCUT2D eigenvalue weighted by Gasteiger charge is 2.44. The van der Waals surface area contributed by atoms with Crippen molar-refractivity contribution in [3.8, 4) is 22.6 Å². The van der Waals surface area contributed by atoms with Gasteiger partial charge in [0.25, 0.3) is 0 Å². The quantitative estimate of drug-likeness (QED) is 0.201. The van der Waals surface area contributed by atoms with Crippen LogP contribution in [0.3, 0.4) is 0 Å². The van der Waals surface area contributed by atoms with Gasteiger partial charge in [0, 0.05) is 37.0 Å². The van der Waals surface area contributed by atoms with Crippen molar-refractivity contribution in [2.24, 2.45) is 11.7 Å². The van der Waals surface area contributed by atoms with Gasteiger partial charge in [-0.1, -0.05) is 36.4 Å². The highest BCUT2D eigenvalue weighted by atomic mass is 16.5. The van der Waals surface area contributed by atoms with Gasteiger partial charge in [-0.05, 0) is 88.2 Å². The minimum atomic E-state index is -0.0268. The number of aromatic hydroxyl groups is 1. The summed E-state index contributed by atoms with van der Waals surface area (Å²) in [6.07, 6.45) is 0.921. The van der Waals surface area contributed by atoms with Crippen LogP contribution in [0.1, 0.15) is 39.8 Å². The Bertz CT molecular complexity index is 1540. The summed E-state index contributed by atoms with van der Waals surface area (Å²) in [5.41, 5.74) is 15.7. The second kappa shape index (κ2) is 9.14. The molecule has 0 aromatic heterocycles. The number of benzene rings is 4. The summed E-state index contributed by atoms with van der Waals surface area (Å²) >= 11 is 0. The Labute approximate surface area is 223 Å². The van der Waals surface area contributed by atoms with Crippen LogP contribution in [0.15, 0.2) is 78.9 Å². The summed E-state index contributed by atoms with van der Waals surface area (Å²) in [4.78, 5) is 2.07. The molecule has 0 bridgehead atoms.